The van der Waals surface area contributed by atoms with Crippen LogP contribution in [0, 0.1) is 0 Å². The summed E-state index contributed by atoms with van der Waals surface area (Å²) in [6, 6.07) is 6.95. The summed E-state index contributed by atoms with van der Waals surface area (Å²) in [5.74, 6) is -2.27. The third-order valence-electron chi connectivity index (χ3n) is 11.7. The minimum atomic E-state index is -3.08. The number of aryl methyl sites for hydroxylation is 2. The summed E-state index contributed by atoms with van der Waals surface area (Å²) < 4.78 is 22.0. The van der Waals surface area contributed by atoms with Gasteiger partial charge < -0.3 is 69.5 Å². The van der Waals surface area contributed by atoms with Crippen LogP contribution < -0.4 is 88.5 Å². The van der Waals surface area contributed by atoms with E-state index in [2.05, 4.69) is 10.6 Å². The molecule has 6 aliphatic rings. The van der Waals surface area contributed by atoms with Gasteiger partial charge in [0.05, 0.1) is 37.7 Å². The molecule has 0 bridgehead atoms. The molecule has 2 aromatic carbocycles. The first-order valence-electron chi connectivity index (χ1n) is 20.4. The van der Waals surface area contributed by atoms with E-state index < -0.39 is 25.4 Å². The molecular formula is C38H52B2N4Na2O14. The average molecular weight is 856 g/mol. The van der Waals surface area contributed by atoms with Gasteiger partial charge in [-0.25, -0.2) is 9.59 Å². The molecule has 6 heterocycles. The standard InChI is InChI=1S/2C19H26BN2O7.2Na/c2*23-16(9-13-3-1-2-8-21-13)22-10-14(11-22)28-15-5-4-12-6-7-20(26,27)29-18(12)17(15)19(24)25;;/h2*4-5,13-14,21,26-27H,1-3,6-11H2,(H,24,25);;/q2*-1;2*+1. The topological polar surface area (TPSA) is 257 Å². The van der Waals surface area contributed by atoms with Gasteiger partial charge in [0, 0.05) is 24.9 Å². The van der Waals surface area contributed by atoms with Crippen LogP contribution in [0.2, 0.25) is 12.6 Å². The zero-order chi connectivity index (χ0) is 41.2. The summed E-state index contributed by atoms with van der Waals surface area (Å²) in [5, 5.41) is 65.2. The van der Waals surface area contributed by atoms with Gasteiger partial charge in [0.1, 0.15) is 34.8 Å². The quantitative estimate of drug-likeness (QED) is 0.104. The second-order valence-corrected chi connectivity index (χ2v) is 16.3. The van der Waals surface area contributed by atoms with Crippen molar-refractivity contribution >= 4 is 37.3 Å². The van der Waals surface area contributed by atoms with E-state index >= 15 is 0 Å². The molecule has 0 aliphatic carbocycles. The molecule has 60 heavy (non-hydrogen) atoms. The number of piperidine rings is 2. The van der Waals surface area contributed by atoms with Crippen LogP contribution in [-0.4, -0.2) is 141 Å². The molecule has 2 unspecified atom stereocenters. The zero-order valence-electron chi connectivity index (χ0n) is 34.3. The molecule has 4 fully saturated rings. The van der Waals surface area contributed by atoms with E-state index in [0.717, 1.165) is 51.6 Å². The van der Waals surface area contributed by atoms with E-state index in [9.17, 15) is 49.5 Å². The van der Waals surface area contributed by atoms with Gasteiger partial charge in [0.2, 0.25) is 11.8 Å². The normalized spacial score (nSPS) is 22.7. The van der Waals surface area contributed by atoms with Crippen molar-refractivity contribution in [2.45, 2.75) is 101 Å². The van der Waals surface area contributed by atoms with Gasteiger partial charge in [0.15, 0.2) is 0 Å². The largest absolute Gasteiger partial charge is 1.00 e. The van der Waals surface area contributed by atoms with Crippen LogP contribution in [0.25, 0.3) is 0 Å². The van der Waals surface area contributed by atoms with Crippen molar-refractivity contribution < 1.29 is 127 Å². The minimum Gasteiger partial charge on any atom is -0.669 e. The van der Waals surface area contributed by atoms with Crippen molar-refractivity contribution in [2.75, 3.05) is 39.3 Å². The minimum absolute atomic E-state index is 0. The molecule has 0 aromatic heterocycles. The number of ether oxygens (including phenoxy) is 2. The number of carbonyl (C=O) groups is 4. The number of likely N-dealkylation sites (tertiary alicyclic amines) is 2. The van der Waals surface area contributed by atoms with Crippen molar-refractivity contribution in [1.29, 1.82) is 0 Å². The molecule has 2 atom stereocenters. The smallest absolute Gasteiger partial charge is 0.669 e. The number of fused-ring (bicyclic) bond motifs is 2. The third-order valence-corrected chi connectivity index (χ3v) is 11.7. The van der Waals surface area contributed by atoms with E-state index in [1.54, 1.807) is 34.1 Å². The summed E-state index contributed by atoms with van der Waals surface area (Å²) in [7, 11) is 0. The maximum atomic E-state index is 12.4. The van der Waals surface area contributed by atoms with E-state index in [4.69, 9.17) is 18.8 Å². The Labute approximate surface area is 392 Å². The number of aromatic carboxylic acids is 2. The Bertz CT molecular complexity index is 1750. The first-order valence-corrected chi connectivity index (χ1v) is 20.4. The predicted molar refractivity (Wildman–Crippen MR) is 208 cm³/mol. The van der Waals surface area contributed by atoms with Gasteiger partial charge in [0.25, 0.3) is 0 Å². The fourth-order valence-corrected chi connectivity index (χ4v) is 8.33. The van der Waals surface area contributed by atoms with Gasteiger partial charge in [-0.3, -0.25) is 9.59 Å². The van der Waals surface area contributed by atoms with Gasteiger partial charge in [-0.05, 0) is 74.9 Å². The summed E-state index contributed by atoms with van der Waals surface area (Å²) in [6.07, 6.45) is 7.56. The fraction of sp³-hybridized carbons (Fsp3) is 0.579. The molecule has 316 valence electrons. The molecule has 8 N–H and O–H groups in total. The predicted octanol–water partition coefficient (Wildman–Crippen LogP) is -5.26. The second-order valence-electron chi connectivity index (χ2n) is 16.3. The number of nitrogens with zero attached hydrogens (tertiary/aromatic N) is 2. The summed E-state index contributed by atoms with van der Waals surface area (Å²) in [5.41, 5.74) is 0.766. The Kier molecular flexibility index (Phi) is 16.7. The molecule has 6 aliphatic heterocycles. The number of nitrogens with one attached hydrogen (secondary N) is 2. The van der Waals surface area contributed by atoms with Crippen LogP contribution in [0.3, 0.4) is 0 Å². The molecule has 22 heteroatoms. The average Bonchev–Trinajstić information content (AvgIpc) is 3.13. The first-order chi connectivity index (χ1) is 27.6. The van der Waals surface area contributed by atoms with Crippen LogP contribution in [0.5, 0.6) is 23.0 Å². The number of hydrogen-bond acceptors (Lipinski definition) is 14. The van der Waals surface area contributed by atoms with Crippen molar-refractivity contribution in [2.24, 2.45) is 0 Å². The van der Waals surface area contributed by atoms with Gasteiger partial charge in [-0.15, -0.1) is 0 Å². The molecule has 18 nitrogen and oxygen atoms in total. The number of amides is 2. The van der Waals surface area contributed by atoms with Gasteiger partial charge in [-0.2, -0.15) is 0 Å². The van der Waals surface area contributed by atoms with Crippen LogP contribution >= 0.6 is 0 Å². The van der Waals surface area contributed by atoms with Gasteiger partial charge in [-0.1, -0.05) is 37.6 Å². The number of benzene rings is 2. The Balaban J connectivity index is 0.000000220. The third kappa shape index (κ3) is 11.9. The molecule has 2 amide bonds. The van der Waals surface area contributed by atoms with Crippen molar-refractivity contribution in [3.05, 3.63) is 46.5 Å². The molecule has 0 spiro atoms. The second kappa shape index (κ2) is 20.7. The van der Waals surface area contributed by atoms with E-state index in [-0.39, 0.29) is 142 Å². The summed E-state index contributed by atoms with van der Waals surface area (Å²) >= 11 is 0. The fourth-order valence-electron chi connectivity index (χ4n) is 8.33. The number of carboxylic acids is 2. The van der Waals surface area contributed by atoms with Crippen LogP contribution in [0.15, 0.2) is 24.3 Å². The SMILES string of the molecule is O=C(O)c1c(OC2CN(C(=O)CC3CCCCN3)C2)ccc2c1O[B-](O)(O)CC2.O=C(O)c1c(OC2CN(C(=O)CC3CCCCN3)C2)ccc2c1O[B-](O)(O)CC2.[Na+].[Na+]. The molecule has 0 radical (unpaired) electrons. The molecule has 2 aromatic rings. The summed E-state index contributed by atoms with van der Waals surface area (Å²) in [4.78, 5) is 51.8. The molecule has 0 saturated carbocycles. The molecular weight excluding hydrogens is 804 g/mol. The number of carboxylic acid groups (broad SMARTS) is 2. The van der Waals surface area contributed by atoms with Crippen LogP contribution in [0.4, 0.5) is 0 Å². The Morgan fingerprint density at radius 2 is 1.02 bits per heavy atom. The van der Waals surface area contributed by atoms with Crippen LogP contribution in [0.1, 0.15) is 83.2 Å². The Hall–Kier alpha value is -2.59. The monoisotopic (exact) mass is 856 g/mol. The molecule has 4 saturated heterocycles. The van der Waals surface area contributed by atoms with Crippen molar-refractivity contribution in [1.82, 2.24) is 20.4 Å². The molecule has 8 rings (SSSR count). The summed E-state index contributed by atoms with van der Waals surface area (Å²) in [6.45, 7) is -2.65. The van der Waals surface area contributed by atoms with E-state index in [0.29, 0.717) is 63.0 Å². The number of hydrogen-bond donors (Lipinski definition) is 8. The maximum Gasteiger partial charge on any atom is 1.00 e. The Morgan fingerprint density at radius 3 is 1.35 bits per heavy atom. The zero-order valence-corrected chi connectivity index (χ0v) is 38.3. The number of carbonyl (C=O) groups excluding carboxylic acids is 2. The van der Waals surface area contributed by atoms with Crippen LogP contribution in [-0.2, 0) is 22.4 Å². The number of rotatable bonds is 10. The van der Waals surface area contributed by atoms with Gasteiger partial charge >= 0.3 is 84.6 Å². The van der Waals surface area contributed by atoms with E-state index in [1.807, 2.05) is 0 Å². The van der Waals surface area contributed by atoms with Crippen molar-refractivity contribution in [3.8, 4) is 23.0 Å². The first kappa shape index (κ1) is 48.4. The Morgan fingerprint density at radius 1 is 0.633 bits per heavy atom. The van der Waals surface area contributed by atoms with E-state index in [1.165, 1.54) is 0 Å². The van der Waals surface area contributed by atoms with Crippen molar-refractivity contribution in [3.63, 3.8) is 0 Å². The maximum absolute atomic E-state index is 12.4.